The van der Waals surface area contributed by atoms with Crippen molar-refractivity contribution in [1.82, 2.24) is 10.2 Å². The quantitative estimate of drug-likeness (QED) is 0.765. The van der Waals surface area contributed by atoms with Gasteiger partial charge in [-0.1, -0.05) is 11.6 Å². The Morgan fingerprint density at radius 3 is 2.77 bits per heavy atom. The molecule has 2 rings (SSSR count). The number of nitrogens with zero attached hydrogens (tertiary/aromatic N) is 1. The van der Waals surface area contributed by atoms with Crippen molar-refractivity contribution in [3.8, 4) is 10.4 Å². The molecule has 3 nitrogen and oxygen atoms in total. The third kappa shape index (κ3) is 1.43. The Morgan fingerprint density at radius 2 is 2.31 bits per heavy atom. The number of aromatic amines is 1. The number of nitrogens with two attached hydrogens (primary N) is 1. The maximum absolute atomic E-state index is 5.83. The maximum Gasteiger partial charge on any atom is 0.154 e. The molecule has 0 aromatic carbocycles. The third-order valence-electron chi connectivity index (χ3n) is 1.79. The number of halogens is 1. The molecule has 0 saturated heterocycles. The number of rotatable bonds is 1. The average molecular weight is 214 g/mol. The van der Waals surface area contributed by atoms with E-state index >= 15 is 0 Å². The minimum atomic E-state index is 0.524. The normalized spacial score (nSPS) is 10.6. The summed E-state index contributed by atoms with van der Waals surface area (Å²) in [5.41, 5.74) is 7.63. The van der Waals surface area contributed by atoms with Crippen molar-refractivity contribution in [2.45, 2.75) is 6.92 Å². The van der Waals surface area contributed by atoms with E-state index in [1.54, 1.807) is 0 Å². The van der Waals surface area contributed by atoms with E-state index in [1.807, 2.05) is 19.1 Å². The first-order valence-electron chi connectivity index (χ1n) is 3.74. The first-order valence-corrected chi connectivity index (χ1v) is 4.94. The van der Waals surface area contributed by atoms with E-state index in [2.05, 4.69) is 10.2 Å². The number of hydrogen-bond acceptors (Lipinski definition) is 3. The van der Waals surface area contributed by atoms with Crippen LogP contribution in [0.1, 0.15) is 5.69 Å². The van der Waals surface area contributed by atoms with Crippen LogP contribution in [0.15, 0.2) is 12.1 Å². The molecule has 0 fully saturated rings. The van der Waals surface area contributed by atoms with Crippen LogP contribution in [0.25, 0.3) is 10.4 Å². The summed E-state index contributed by atoms with van der Waals surface area (Å²) in [5, 5.41) is 6.75. The van der Waals surface area contributed by atoms with Gasteiger partial charge < -0.3 is 5.73 Å². The molecule has 0 aliphatic heterocycles. The number of nitrogen functional groups attached to an aromatic ring is 1. The summed E-state index contributed by atoms with van der Waals surface area (Å²) >= 11 is 7.33. The Balaban J connectivity index is 2.57. The van der Waals surface area contributed by atoms with Gasteiger partial charge >= 0.3 is 0 Å². The second kappa shape index (κ2) is 3.05. The number of anilines is 1. The minimum absolute atomic E-state index is 0.524. The number of nitrogens with one attached hydrogen (secondary N) is 1. The van der Waals surface area contributed by atoms with Crippen molar-refractivity contribution in [1.29, 1.82) is 0 Å². The van der Waals surface area contributed by atoms with Gasteiger partial charge in [-0.05, 0) is 19.1 Å². The standard InChI is InChI=1S/C8H8ClN3S/c1-4-7(8(10)12-11-4)5-2-3-6(9)13-5/h2-3H,1H3,(H3,10,11,12). The zero-order valence-corrected chi connectivity index (χ0v) is 8.54. The molecule has 0 spiro atoms. The number of hydrogen-bond donors (Lipinski definition) is 2. The lowest BCUT2D eigenvalue weighted by molar-refractivity contribution is 1.05. The lowest BCUT2D eigenvalue weighted by Crippen LogP contribution is -1.86. The second-order valence-corrected chi connectivity index (χ2v) is 4.43. The van der Waals surface area contributed by atoms with E-state index in [0.717, 1.165) is 20.5 Å². The monoisotopic (exact) mass is 213 g/mol. The van der Waals surface area contributed by atoms with Crippen LogP contribution in [0.2, 0.25) is 4.34 Å². The fourth-order valence-electron chi connectivity index (χ4n) is 1.21. The van der Waals surface area contributed by atoms with Crippen LogP contribution in [0.5, 0.6) is 0 Å². The molecule has 2 aromatic rings. The predicted molar refractivity (Wildman–Crippen MR) is 56.1 cm³/mol. The molecule has 0 bridgehead atoms. The molecule has 5 heteroatoms. The molecular formula is C8H8ClN3S. The highest BCUT2D eigenvalue weighted by Gasteiger charge is 2.11. The summed E-state index contributed by atoms with van der Waals surface area (Å²) in [4.78, 5) is 1.05. The van der Waals surface area contributed by atoms with Crippen LogP contribution in [-0.4, -0.2) is 10.2 Å². The van der Waals surface area contributed by atoms with E-state index < -0.39 is 0 Å². The Labute approximate surface area is 84.5 Å². The van der Waals surface area contributed by atoms with Crippen LogP contribution in [-0.2, 0) is 0 Å². The van der Waals surface area contributed by atoms with Gasteiger partial charge in [0.25, 0.3) is 0 Å². The summed E-state index contributed by atoms with van der Waals surface area (Å²) < 4.78 is 0.759. The van der Waals surface area contributed by atoms with Gasteiger partial charge in [0.2, 0.25) is 0 Å². The topological polar surface area (TPSA) is 54.7 Å². The Kier molecular flexibility index (Phi) is 2.01. The van der Waals surface area contributed by atoms with Crippen LogP contribution < -0.4 is 5.73 Å². The van der Waals surface area contributed by atoms with Crippen molar-refractivity contribution in [3.63, 3.8) is 0 Å². The third-order valence-corrected chi connectivity index (χ3v) is 3.04. The van der Waals surface area contributed by atoms with Gasteiger partial charge in [-0.2, -0.15) is 5.10 Å². The largest absolute Gasteiger partial charge is 0.382 e. The predicted octanol–water partition coefficient (Wildman–Crippen LogP) is 2.68. The summed E-state index contributed by atoms with van der Waals surface area (Å²) in [6.07, 6.45) is 0. The molecule has 0 aliphatic carbocycles. The van der Waals surface area contributed by atoms with E-state index in [1.165, 1.54) is 11.3 Å². The molecule has 0 aliphatic rings. The van der Waals surface area contributed by atoms with Crippen molar-refractivity contribution in [2.24, 2.45) is 0 Å². The Hall–Kier alpha value is -1.000. The molecule has 2 heterocycles. The van der Waals surface area contributed by atoms with Crippen LogP contribution >= 0.6 is 22.9 Å². The van der Waals surface area contributed by atoms with Crippen molar-refractivity contribution in [3.05, 3.63) is 22.2 Å². The number of aryl methyl sites for hydroxylation is 1. The van der Waals surface area contributed by atoms with Gasteiger partial charge in [-0.3, -0.25) is 5.10 Å². The van der Waals surface area contributed by atoms with Crippen molar-refractivity contribution >= 4 is 28.8 Å². The summed E-state index contributed by atoms with van der Waals surface area (Å²) in [7, 11) is 0. The molecule has 13 heavy (non-hydrogen) atoms. The fourth-order valence-corrected chi connectivity index (χ4v) is 2.36. The summed E-state index contributed by atoms with van der Waals surface area (Å²) in [6, 6.07) is 3.80. The number of thiophene rings is 1. The van der Waals surface area contributed by atoms with E-state index in [0.29, 0.717) is 5.82 Å². The Morgan fingerprint density at radius 1 is 1.54 bits per heavy atom. The minimum Gasteiger partial charge on any atom is -0.382 e. The van der Waals surface area contributed by atoms with Crippen LogP contribution in [0, 0.1) is 6.92 Å². The van der Waals surface area contributed by atoms with Crippen LogP contribution in [0.3, 0.4) is 0 Å². The lowest BCUT2D eigenvalue weighted by Gasteiger charge is -1.94. The zero-order valence-electron chi connectivity index (χ0n) is 6.97. The number of H-pyrrole nitrogens is 1. The van der Waals surface area contributed by atoms with Gasteiger partial charge in [0, 0.05) is 10.6 Å². The van der Waals surface area contributed by atoms with Gasteiger partial charge in [0.1, 0.15) is 0 Å². The van der Waals surface area contributed by atoms with Gasteiger partial charge in [0.15, 0.2) is 5.82 Å². The lowest BCUT2D eigenvalue weighted by atomic mass is 10.2. The SMILES string of the molecule is Cc1[nH]nc(N)c1-c1ccc(Cl)s1. The summed E-state index contributed by atoms with van der Waals surface area (Å²) in [5.74, 6) is 0.524. The Bertz CT molecular complexity index is 413. The molecule has 0 radical (unpaired) electrons. The molecule has 0 unspecified atom stereocenters. The highest BCUT2D eigenvalue weighted by atomic mass is 35.5. The molecule has 2 aromatic heterocycles. The number of aromatic nitrogens is 2. The van der Waals surface area contributed by atoms with Gasteiger partial charge in [-0.25, -0.2) is 0 Å². The van der Waals surface area contributed by atoms with Crippen molar-refractivity contribution < 1.29 is 0 Å². The first-order chi connectivity index (χ1) is 6.18. The second-order valence-electron chi connectivity index (χ2n) is 2.71. The highest BCUT2D eigenvalue weighted by molar-refractivity contribution is 7.19. The fraction of sp³-hybridized carbons (Fsp3) is 0.125. The van der Waals surface area contributed by atoms with Crippen LogP contribution in [0.4, 0.5) is 5.82 Å². The molecular weight excluding hydrogens is 206 g/mol. The van der Waals surface area contributed by atoms with E-state index in [4.69, 9.17) is 17.3 Å². The zero-order chi connectivity index (χ0) is 9.42. The molecule has 68 valence electrons. The molecule has 0 saturated carbocycles. The van der Waals surface area contributed by atoms with Crippen molar-refractivity contribution in [2.75, 3.05) is 5.73 Å². The van der Waals surface area contributed by atoms with Gasteiger partial charge in [0.05, 0.1) is 9.90 Å². The molecule has 3 N–H and O–H groups in total. The first kappa shape index (κ1) is 8.59. The van der Waals surface area contributed by atoms with Gasteiger partial charge in [-0.15, -0.1) is 11.3 Å². The molecule has 0 atom stereocenters. The average Bonchev–Trinajstić information content (AvgIpc) is 2.60. The highest BCUT2D eigenvalue weighted by Crippen LogP contribution is 2.35. The van der Waals surface area contributed by atoms with E-state index in [-0.39, 0.29) is 0 Å². The summed E-state index contributed by atoms with van der Waals surface area (Å²) in [6.45, 7) is 1.94. The smallest absolute Gasteiger partial charge is 0.154 e. The van der Waals surface area contributed by atoms with E-state index in [9.17, 15) is 0 Å². The molecule has 0 amide bonds. The maximum atomic E-state index is 5.83.